The molecule has 0 aromatic rings. The first-order valence-electron chi connectivity index (χ1n) is 4.58. The van der Waals surface area contributed by atoms with Gasteiger partial charge in [0.25, 0.3) is 0 Å². The van der Waals surface area contributed by atoms with Gasteiger partial charge in [-0.1, -0.05) is 0 Å². The lowest BCUT2D eigenvalue weighted by Gasteiger charge is -2.18. The molecule has 0 saturated heterocycles. The molecule has 12 heavy (non-hydrogen) atoms. The molecule has 0 heterocycles. The molecule has 0 unspecified atom stereocenters. The van der Waals surface area contributed by atoms with Gasteiger partial charge in [0, 0.05) is 13.2 Å². The Hall–Kier alpha value is 0.0969. The molecule has 0 bridgehead atoms. The summed E-state index contributed by atoms with van der Waals surface area (Å²) in [5, 5.41) is 0. The number of nitrogens with zero attached hydrogens (tertiary/aromatic N) is 1. The van der Waals surface area contributed by atoms with E-state index in [1.54, 1.807) is 0 Å². The summed E-state index contributed by atoms with van der Waals surface area (Å²) in [6.45, 7) is 5.53. The second-order valence-corrected chi connectivity index (χ2v) is 4.62. The van der Waals surface area contributed by atoms with Gasteiger partial charge in [-0.05, 0) is 34.1 Å². The molecule has 0 aliphatic rings. The molecule has 0 radical (unpaired) electrons. The molecule has 0 amide bonds. The van der Waals surface area contributed by atoms with Crippen molar-refractivity contribution in [2.45, 2.75) is 19.8 Å². The van der Waals surface area contributed by atoms with Gasteiger partial charge in [0.05, 0.1) is 0 Å². The predicted molar refractivity (Wildman–Crippen MR) is 54.1 cm³/mol. The molecule has 0 rings (SSSR count). The molecule has 0 atom stereocenters. The van der Waals surface area contributed by atoms with Gasteiger partial charge < -0.3 is 14.4 Å². The maximum atomic E-state index is 5.45. The summed E-state index contributed by atoms with van der Waals surface area (Å²) in [6.07, 6.45) is 1.14. The third-order valence-corrected chi connectivity index (χ3v) is 3.61. The van der Waals surface area contributed by atoms with Crippen molar-refractivity contribution in [3.63, 3.8) is 0 Å². The molecule has 0 spiro atoms. The van der Waals surface area contributed by atoms with E-state index in [0.717, 1.165) is 19.4 Å². The van der Waals surface area contributed by atoms with Crippen LogP contribution < -0.4 is 0 Å². The van der Waals surface area contributed by atoms with E-state index >= 15 is 0 Å². The Bertz CT molecular complexity index is 95.1. The summed E-state index contributed by atoms with van der Waals surface area (Å²) in [5.41, 5.74) is 0. The highest BCUT2D eigenvalue weighted by atomic mass is 28.2. The van der Waals surface area contributed by atoms with Gasteiger partial charge in [0.1, 0.15) is 15.4 Å². The highest BCUT2D eigenvalue weighted by molar-refractivity contribution is 6.36. The van der Waals surface area contributed by atoms with Crippen LogP contribution in [0.25, 0.3) is 0 Å². The summed E-state index contributed by atoms with van der Waals surface area (Å²) in [7, 11) is 3.91. The van der Waals surface area contributed by atoms with E-state index < -0.39 is 0 Å². The fourth-order valence-electron chi connectivity index (χ4n) is 0.950. The molecule has 4 heteroatoms. The SMILES string of the molecule is CCOC(OCC)[SiH2]CN(C)C. The van der Waals surface area contributed by atoms with Crippen molar-refractivity contribution in [2.24, 2.45) is 0 Å². The summed E-state index contributed by atoms with van der Waals surface area (Å²) >= 11 is 0. The molecule has 0 fully saturated rings. The van der Waals surface area contributed by atoms with E-state index in [-0.39, 0.29) is 15.4 Å². The number of ether oxygens (including phenoxy) is 2. The Morgan fingerprint density at radius 3 is 2.00 bits per heavy atom. The first-order valence-corrected chi connectivity index (χ1v) is 6.40. The Labute approximate surface area is 77.9 Å². The molecule has 0 aliphatic carbocycles. The Morgan fingerprint density at radius 2 is 1.67 bits per heavy atom. The Morgan fingerprint density at radius 1 is 1.17 bits per heavy atom. The minimum Gasteiger partial charge on any atom is -0.357 e. The minimum atomic E-state index is -0.263. The Balaban J connectivity index is 3.48. The van der Waals surface area contributed by atoms with Crippen LogP contribution in [0.2, 0.25) is 0 Å². The van der Waals surface area contributed by atoms with Gasteiger partial charge >= 0.3 is 0 Å². The second-order valence-electron chi connectivity index (χ2n) is 2.93. The average Bonchev–Trinajstić information content (AvgIpc) is 2.01. The van der Waals surface area contributed by atoms with Gasteiger partial charge in [-0.25, -0.2) is 0 Å². The summed E-state index contributed by atoms with van der Waals surface area (Å²) in [5.74, 6) is 0.113. The first kappa shape index (κ1) is 12.1. The zero-order chi connectivity index (χ0) is 9.40. The van der Waals surface area contributed by atoms with Crippen molar-refractivity contribution >= 4 is 9.52 Å². The normalized spacial score (nSPS) is 12.5. The van der Waals surface area contributed by atoms with E-state index in [9.17, 15) is 0 Å². The predicted octanol–water partition coefficient (Wildman–Crippen LogP) is 0.0309. The average molecular weight is 191 g/mol. The highest BCUT2D eigenvalue weighted by Gasteiger charge is 2.07. The summed E-state index contributed by atoms with van der Waals surface area (Å²) in [6, 6.07) is 0. The van der Waals surface area contributed by atoms with Crippen LogP contribution >= 0.6 is 0 Å². The van der Waals surface area contributed by atoms with Crippen LogP contribution in [0.1, 0.15) is 13.8 Å². The number of hydrogen-bond acceptors (Lipinski definition) is 3. The number of rotatable bonds is 7. The quantitative estimate of drug-likeness (QED) is 0.419. The topological polar surface area (TPSA) is 21.7 Å². The largest absolute Gasteiger partial charge is 0.357 e. The van der Waals surface area contributed by atoms with Crippen molar-refractivity contribution in [3.05, 3.63) is 0 Å². The third kappa shape index (κ3) is 6.79. The Kier molecular flexibility index (Phi) is 7.79. The lowest BCUT2D eigenvalue weighted by Crippen LogP contribution is -2.32. The molecule has 0 aromatic carbocycles. The summed E-state index contributed by atoms with van der Waals surface area (Å²) in [4.78, 5) is 2.19. The van der Waals surface area contributed by atoms with E-state index in [1.807, 2.05) is 13.8 Å². The molecule has 0 N–H and O–H groups in total. The van der Waals surface area contributed by atoms with Crippen LogP contribution in [-0.4, -0.2) is 53.8 Å². The third-order valence-electron chi connectivity index (χ3n) is 1.52. The van der Waals surface area contributed by atoms with Gasteiger partial charge in [0.2, 0.25) is 0 Å². The fourth-order valence-corrected chi connectivity index (χ4v) is 2.48. The lowest BCUT2D eigenvalue weighted by atomic mass is 10.8. The molecule has 0 aromatic heterocycles. The first-order chi connectivity index (χ1) is 5.70. The van der Waals surface area contributed by atoms with Crippen LogP contribution in [0.4, 0.5) is 0 Å². The maximum Gasteiger partial charge on any atom is 0.136 e. The van der Waals surface area contributed by atoms with Crippen LogP contribution in [0.3, 0.4) is 0 Å². The van der Waals surface area contributed by atoms with Crippen LogP contribution in [0, 0.1) is 0 Å². The van der Waals surface area contributed by atoms with Gasteiger partial charge in [-0.2, -0.15) is 0 Å². The van der Waals surface area contributed by atoms with E-state index in [0.29, 0.717) is 0 Å². The zero-order valence-corrected chi connectivity index (χ0v) is 10.1. The molecule has 0 saturated carbocycles. The highest BCUT2D eigenvalue weighted by Crippen LogP contribution is 1.93. The fraction of sp³-hybridized carbons (Fsp3) is 1.00. The minimum absolute atomic E-state index is 0.113. The smallest absolute Gasteiger partial charge is 0.136 e. The van der Waals surface area contributed by atoms with Crippen molar-refractivity contribution in [2.75, 3.05) is 33.5 Å². The van der Waals surface area contributed by atoms with E-state index in [4.69, 9.17) is 9.47 Å². The maximum absolute atomic E-state index is 5.45. The van der Waals surface area contributed by atoms with Crippen molar-refractivity contribution in [1.29, 1.82) is 0 Å². The second kappa shape index (κ2) is 7.73. The number of hydrogen-bond donors (Lipinski definition) is 0. The van der Waals surface area contributed by atoms with Crippen LogP contribution in [-0.2, 0) is 9.47 Å². The van der Waals surface area contributed by atoms with Gasteiger partial charge in [-0.3, -0.25) is 0 Å². The zero-order valence-electron chi connectivity index (χ0n) is 8.67. The van der Waals surface area contributed by atoms with Crippen molar-refractivity contribution in [3.8, 4) is 0 Å². The monoisotopic (exact) mass is 191 g/mol. The molecule has 3 nitrogen and oxygen atoms in total. The molecule has 0 aliphatic heterocycles. The van der Waals surface area contributed by atoms with Crippen LogP contribution in [0.5, 0.6) is 0 Å². The van der Waals surface area contributed by atoms with E-state index in [1.165, 1.54) is 0 Å². The van der Waals surface area contributed by atoms with Gasteiger partial charge in [0.15, 0.2) is 0 Å². The lowest BCUT2D eigenvalue weighted by molar-refractivity contribution is -0.0832. The molecule has 74 valence electrons. The molecular formula is C8H21NO2Si. The van der Waals surface area contributed by atoms with Crippen molar-refractivity contribution < 1.29 is 9.47 Å². The van der Waals surface area contributed by atoms with Crippen molar-refractivity contribution in [1.82, 2.24) is 4.90 Å². The summed E-state index contributed by atoms with van der Waals surface area (Å²) < 4.78 is 10.9. The molecular weight excluding hydrogens is 170 g/mol. The standard InChI is InChI=1S/C8H21NO2Si/c1-5-10-8(11-6-2)12-7-9(3)4/h8H,5-7,12H2,1-4H3. The van der Waals surface area contributed by atoms with Crippen LogP contribution in [0.15, 0.2) is 0 Å². The van der Waals surface area contributed by atoms with E-state index in [2.05, 4.69) is 19.0 Å². The van der Waals surface area contributed by atoms with Gasteiger partial charge in [-0.15, -0.1) is 0 Å².